The van der Waals surface area contributed by atoms with Crippen LogP contribution in [0.3, 0.4) is 0 Å². The summed E-state index contributed by atoms with van der Waals surface area (Å²) in [6.07, 6.45) is 1.37. The second kappa shape index (κ2) is 7.40. The summed E-state index contributed by atoms with van der Waals surface area (Å²) in [6, 6.07) is 9.32. The van der Waals surface area contributed by atoms with E-state index in [4.69, 9.17) is 10.00 Å². The second-order valence-corrected chi connectivity index (χ2v) is 5.44. The molecule has 0 saturated heterocycles. The lowest BCUT2D eigenvalue weighted by Crippen LogP contribution is -2.34. The Kier molecular flexibility index (Phi) is 5.31. The minimum absolute atomic E-state index is 0.0219. The Morgan fingerprint density at radius 2 is 2.09 bits per heavy atom. The molecule has 1 unspecified atom stereocenters. The number of hydrogen-bond acceptors (Lipinski definition) is 5. The summed E-state index contributed by atoms with van der Waals surface area (Å²) >= 11 is 0. The molecule has 1 heterocycles. The molecule has 0 aliphatic carbocycles. The van der Waals surface area contributed by atoms with Crippen LogP contribution in [-0.2, 0) is 11.3 Å². The normalized spacial score (nSPS) is 11.8. The molecule has 120 valence electrons. The molecule has 7 nitrogen and oxygen atoms in total. The molecule has 0 fully saturated rings. The molecule has 1 N–H and O–H groups in total. The van der Waals surface area contributed by atoms with Crippen LogP contribution in [0, 0.1) is 17.2 Å². The van der Waals surface area contributed by atoms with Gasteiger partial charge in [-0.3, -0.25) is 4.79 Å². The smallest absolute Gasteiger partial charge is 0.252 e. The van der Waals surface area contributed by atoms with Crippen molar-refractivity contribution in [1.82, 2.24) is 20.1 Å². The van der Waals surface area contributed by atoms with Crippen LogP contribution in [0.15, 0.2) is 30.6 Å². The first kappa shape index (κ1) is 16.5. The zero-order chi connectivity index (χ0) is 16.8. The number of ether oxygens (including phenoxy) is 1. The third-order valence-corrected chi connectivity index (χ3v) is 3.40. The van der Waals surface area contributed by atoms with Gasteiger partial charge in [0, 0.05) is 0 Å². The zero-order valence-electron chi connectivity index (χ0n) is 13.4. The van der Waals surface area contributed by atoms with Gasteiger partial charge in [0.25, 0.3) is 5.82 Å². The van der Waals surface area contributed by atoms with E-state index in [1.54, 1.807) is 7.11 Å². The van der Waals surface area contributed by atoms with Crippen molar-refractivity contribution in [3.05, 3.63) is 42.0 Å². The van der Waals surface area contributed by atoms with E-state index in [1.165, 1.54) is 11.0 Å². The highest BCUT2D eigenvalue weighted by molar-refractivity contribution is 5.76. The maximum atomic E-state index is 12.2. The third kappa shape index (κ3) is 4.30. The quantitative estimate of drug-likeness (QED) is 0.875. The number of amides is 1. The van der Waals surface area contributed by atoms with Gasteiger partial charge in [0.2, 0.25) is 5.91 Å². The van der Waals surface area contributed by atoms with Gasteiger partial charge in [0.1, 0.15) is 24.7 Å². The van der Waals surface area contributed by atoms with Gasteiger partial charge in [0.15, 0.2) is 0 Å². The number of benzene rings is 1. The Bertz CT molecular complexity index is 700. The second-order valence-electron chi connectivity index (χ2n) is 5.44. The summed E-state index contributed by atoms with van der Waals surface area (Å²) < 4.78 is 6.50. The van der Waals surface area contributed by atoms with Crippen molar-refractivity contribution in [3.8, 4) is 11.8 Å². The first-order chi connectivity index (χ1) is 11.0. The van der Waals surface area contributed by atoms with Gasteiger partial charge in [-0.1, -0.05) is 26.0 Å². The van der Waals surface area contributed by atoms with E-state index < -0.39 is 0 Å². The molecule has 1 amide bonds. The largest absolute Gasteiger partial charge is 0.497 e. The van der Waals surface area contributed by atoms with Gasteiger partial charge in [0.05, 0.1) is 13.2 Å². The molecule has 1 atom stereocenters. The predicted octanol–water partition coefficient (Wildman–Crippen LogP) is 1.67. The number of nitrogens with one attached hydrogen (secondary N) is 1. The van der Waals surface area contributed by atoms with Crippen molar-refractivity contribution in [3.63, 3.8) is 0 Å². The Labute approximate surface area is 134 Å². The number of aromatic nitrogens is 3. The molecule has 0 spiro atoms. The number of methoxy groups -OCH3 is 1. The Morgan fingerprint density at radius 3 is 2.61 bits per heavy atom. The van der Waals surface area contributed by atoms with E-state index in [2.05, 4.69) is 15.4 Å². The number of carbonyl (C=O) groups is 1. The zero-order valence-corrected chi connectivity index (χ0v) is 13.4. The monoisotopic (exact) mass is 313 g/mol. The van der Waals surface area contributed by atoms with E-state index >= 15 is 0 Å². The number of carbonyl (C=O) groups excluding carboxylic acids is 1. The van der Waals surface area contributed by atoms with Gasteiger partial charge < -0.3 is 10.1 Å². The molecule has 1 aromatic carbocycles. The molecule has 23 heavy (non-hydrogen) atoms. The number of hydrogen-bond donors (Lipinski definition) is 1. The highest BCUT2D eigenvalue weighted by Crippen LogP contribution is 2.23. The Hall–Kier alpha value is -2.88. The van der Waals surface area contributed by atoms with Crippen LogP contribution >= 0.6 is 0 Å². The summed E-state index contributed by atoms with van der Waals surface area (Å²) in [5.74, 6) is 0.856. The fourth-order valence-corrected chi connectivity index (χ4v) is 2.23. The maximum Gasteiger partial charge on any atom is 0.252 e. The first-order valence-electron chi connectivity index (χ1n) is 7.26. The fraction of sp³-hybridized carbons (Fsp3) is 0.375. The van der Waals surface area contributed by atoms with E-state index in [9.17, 15) is 4.79 Å². The molecule has 0 saturated carbocycles. The van der Waals surface area contributed by atoms with Crippen LogP contribution < -0.4 is 10.1 Å². The van der Waals surface area contributed by atoms with Crippen LogP contribution in [0.1, 0.15) is 31.3 Å². The number of nitriles is 1. The van der Waals surface area contributed by atoms with Crippen LogP contribution in [0.25, 0.3) is 0 Å². The van der Waals surface area contributed by atoms with Gasteiger partial charge in [-0.25, -0.2) is 9.67 Å². The van der Waals surface area contributed by atoms with E-state index in [0.717, 1.165) is 11.3 Å². The fourth-order valence-electron chi connectivity index (χ4n) is 2.23. The minimum Gasteiger partial charge on any atom is -0.497 e. The van der Waals surface area contributed by atoms with E-state index in [1.807, 2.05) is 44.2 Å². The maximum absolute atomic E-state index is 12.2. The SMILES string of the molecule is COc1ccc(C(NC(=O)Cn2cnc(C#N)n2)C(C)C)cc1. The lowest BCUT2D eigenvalue weighted by atomic mass is 9.96. The highest BCUT2D eigenvalue weighted by atomic mass is 16.5. The average molecular weight is 313 g/mol. The van der Waals surface area contributed by atoms with Crippen LogP contribution in [-0.4, -0.2) is 27.8 Å². The molecule has 2 aromatic rings. The first-order valence-corrected chi connectivity index (χ1v) is 7.26. The summed E-state index contributed by atoms with van der Waals surface area (Å²) in [6.45, 7) is 4.10. The summed E-state index contributed by atoms with van der Waals surface area (Å²) in [5.41, 5.74) is 1.01. The molecule has 1 aromatic heterocycles. The molecule has 0 aliphatic heterocycles. The molecule has 2 rings (SSSR count). The van der Waals surface area contributed by atoms with Gasteiger partial charge in [-0.05, 0) is 23.6 Å². The molecule has 7 heteroatoms. The van der Waals surface area contributed by atoms with Gasteiger partial charge in [-0.15, -0.1) is 5.10 Å². The molecular weight excluding hydrogens is 294 g/mol. The van der Waals surface area contributed by atoms with Gasteiger partial charge in [-0.2, -0.15) is 5.26 Å². The van der Waals surface area contributed by atoms with Crippen molar-refractivity contribution in [2.24, 2.45) is 5.92 Å². The highest BCUT2D eigenvalue weighted by Gasteiger charge is 2.19. The van der Waals surface area contributed by atoms with Crippen molar-refractivity contribution in [1.29, 1.82) is 5.26 Å². The van der Waals surface area contributed by atoms with Crippen molar-refractivity contribution >= 4 is 5.91 Å². The van der Waals surface area contributed by atoms with Crippen LogP contribution in [0.2, 0.25) is 0 Å². The average Bonchev–Trinajstić information content (AvgIpc) is 3.00. The predicted molar refractivity (Wildman–Crippen MR) is 83.5 cm³/mol. The number of nitrogens with zero attached hydrogens (tertiary/aromatic N) is 4. The van der Waals surface area contributed by atoms with E-state index in [0.29, 0.717) is 0 Å². The summed E-state index contributed by atoms with van der Waals surface area (Å²) in [5, 5.41) is 15.6. The van der Waals surface area contributed by atoms with Crippen LogP contribution in [0.5, 0.6) is 5.75 Å². The Balaban J connectivity index is 2.06. The third-order valence-electron chi connectivity index (χ3n) is 3.40. The van der Waals surface area contributed by atoms with Crippen molar-refractivity contribution in [2.45, 2.75) is 26.4 Å². The summed E-state index contributed by atoms with van der Waals surface area (Å²) in [7, 11) is 1.62. The van der Waals surface area contributed by atoms with Crippen molar-refractivity contribution in [2.75, 3.05) is 7.11 Å². The lowest BCUT2D eigenvalue weighted by molar-refractivity contribution is -0.122. The minimum atomic E-state index is -0.186. The summed E-state index contributed by atoms with van der Waals surface area (Å²) in [4.78, 5) is 16.0. The Morgan fingerprint density at radius 1 is 1.39 bits per heavy atom. The molecular formula is C16H19N5O2. The molecule has 0 radical (unpaired) electrons. The topological polar surface area (TPSA) is 92.8 Å². The molecule has 0 aliphatic rings. The van der Waals surface area contributed by atoms with Gasteiger partial charge >= 0.3 is 0 Å². The number of rotatable bonds is 6. The standard InChI is InChI=1S/C16H19N5O2/c1-11(2)16(12-4-6-13(23-3)7-5-12)19-15(22)9-21-10-18-14(8-17)20-21/h4-7,10-11,16H,9H2,1-3H3,(H,19,22). The van der Waals surface area contributed by atoms with Crippen molar-refractivity contribution < 1.29 is 9.53 Å². The van der Waals surface area contributed by atoms with Crippen LogP contribution in [0.4, 0.5) is 0 Å². The van der Waals surface area contributed by atoms with E-state index in [-0.39, 0.29) is 30.2 Å². The molecule has 0 bridgehead atoms. The lowest BCUT2D eigenvalue weighted by Gasteiger charge is -2.23.